The number of hydrogen-bond acceptors (Lipinski definition) is 4. The van der Waals surface area contributed by atoms with Crippen molar-refractivity contribution < 1.29 is 9.53 Å². The highest BCUT2D eigenvalue weighted by Crippen LogP contribution is 2.27. The molecule has 0 saturated heterocycles. The summed E-state index contributed by atoms with van der Waals surface area (Å²) in [6.07, 6.45) is 2.52. The number of nitrogens with one attached hydrogen (secondary N) is 1. The van der Waals surface area contributed by atoms with E-state index in [9.17, 15) is 4.79 Å². The van der Waals surface area contributed by atoms with Gasteiger partial charge in [-0.3, -0.25) is 9.69 Å². The van der Waals surface area contributed by atoms with Crippen molar-refractivity contribution in [1.82, 2.24) is 10.2 Å². The standard InChI is InChI=1S/C15H23N3O2/c1-10(18(2)11-7-8-11)9-17-15(19)12-5-4-6-13(16)14(12)20-3/h4-6,10-11H,7-9,16H2,1-3H3,(H,17,19). The van der Waals surface area contributed by atoms with Crippen molar-refractivity contribution in [3.63, 3.8) is 0 Å². The summed E-state index contributed by atoms with van der Waals surface area (Å²) < 4.78 is 5.20. The Kier molecular flexibility index (Phi) is 4.49. The number of nitrogens with zero attached hydrogens (tertiary/aromatic N) is 1. The molecule has 1 aromatic rings. The van der Waals surface area contributed by atoms with E-state index in [1.807, 2.05) is 0 Å². The Balaban J connectivity index is 1.96. The number of likely N-dealkylation sites (N-methyl/N-ethyl adjacent to an activating group) is 1. The van der Waals surface area contributed by atoms with Crippen LogP contribution in [0.5, 0.6) is 5.75 Å². The van der Waals surface area contributed by atoms with Gasteiger partial charge in [-0.2, -0.15) is 0 Å². The molecule has 0 spiro atoms. The maximum atomic E-state index is 12.2. The number of hydrogen-bond donors (Lipinski definition) is 2. The van der Waals surface area contributed by atoms with Crippen LogP contribution in [-0.2, 0) is 0 Å². The quantitative estimate of drug-likeness (QED) is 0.773. The Morgan fingerprint density at radius 3 is 2.85 bits per heavy atom. The van der Waals surface area contributed by atoms with E-state index in [0.717, 1.165) is 0 Å². The van der Waals surface area contributed by atoms with Crippen LogP contribution in [0.1, 0.15) is 30.1 Å². The summed E-state index contributed by atoms with van der Waals surface area (Å²) in [6, 6.07) is 6.20. The average Bonchev–Trinajstić information content (AvgIpc) is 3.27. The molecule has 1 aromatic carbocycles. The third-order valence-electron chi connectivity index (χ3n) is 3.87. The number of carbonyl (C=O) groups excluding carboxylic acids is 1. The van der Waals surface area contributed by atoms with E-state index in [1.165, 1.54) is 20.0 Å². The molecule has 0 radical (unpaired) electrons. The Morgan fingerprint density at radius 1 is 1.55 bits per heavy atom. The summed E-state index contributed by atoms with van der Waals surface area (Å²) in [7, 11) is 3.63. The zero-order valence-corrected chi connectivity index (χ0v) is 12.3. The molecule has 0 heterocycles. The first-order chi connectivity index (χ1) is 9.54. The van der Waals surface area contributed by atoms with Gasteiger partial charge in [-0.15, -0.1) is 0 Å². The number of benzene rings is 1. The van der Waals surface area contributed by atoms with Crippen LogP contribution >= 0.6 is 0 Å². The van der Waals surface area contributed by atoms with Gasteiger partial charge in [0.1, 0.15) is 0 Å². The molecular weight excluding hydrogens is 254 g/mol. The van der Waals surface area contributed by atoms with Gasteiger partial charge in [-0.1, -0.05) is 6.07 Å². The Bertz CT molecular complexity index is 486. The van der Waals surface area contributed by atoms with Gasteiger partial charge in [0.15, 0.2) is 5.75 Å². The number of methoxy groups -OCH3 is 1. The molecule has 1 amide bonds. The number of rotatable bonds is 6. The number of nitrogens with two attached hydrogens (primary N) is 1. The number of anilines is 1. The van der Waals surface area contributed by atoms with Gasteiger partial charge in [0, 0.05) is 18.6 Å². The van der Waals surface area contributed by atoms with Crippen molar-refractivity contribution in [1.29, 1.82) is 0 Å². The first-order valence-corrected chi connectivity index (χ1v) is 6.97. The molecule has 1 unspecified atom stereocenters. The number of nitrogen functional groups attached to an aromatic ring is 1. The van der Waals surface area contributed by atoms with Crippen molar-refractivity contribution in [3.05, 3.63) is 23.8 Å². The maximum absolute atomic E-state index is 12.2. The fourth-order valence-corrected chi connectivity index (χ4v) is 2.28. The van der Waals surface area contributed by atoms with Crippen LogP contribution in [0.25, 0.3) is 0 Å². The predicted molar refractivity (Wildman–Crippen MR) is 80.0 cm³/mol. The summed E-state index contributed by atoms with van der Waals surface area (Å²) in [6.45, 7) is 2.74. The van der Waals surface area contributed by atoms with Crippen LogP contribution in [0.3, 0.4) is 0 Å². The summed E-state index contributed by atoms with van der Waals surface area (Å²) in [5, 5.41) is 2.95. The molecule has 1 aliphatic carbocycles. The summed E-state index contributed by atoms with van der Waals surface area (Å²) in [5.74, 6) is 0.290. The minimum absolute atomic E-state index is 0.148. The Hall–Kier alpha value is -1.75. The normalized spacial score (nSPS) is 16.0. The van der Waals surface area contributed by atoms with E-state index >= 15 is 0 Å². The second kappa shape index (κ2) is 6.13. The highest BCUT2D eigenvalue weighted by atomic mass is 16.5. The molecule has 2 rings (SSSR count). The molecule has 1 atom stereocenters. The third kappa shape index (κ3) is 3.22. The lowest BCUT2D eigenvalue weighted by Gasteiger charge is -2.24. The summed E-state index contributed by atoms with van der Waals surface area (Å²) in [5.41, 5.74) is 6.76. The van der Waals surface area contributed by atoms with Crippen LogP contribution < -0.4 is 15.8 Å². The number of carbonyl (C=O) groups is 1. The maximum Gasteiger partial charge on any atom is 0.255 e. The molecule has 0 aromatic heterocycles. The molecule has 5 heteroatoms. The first-order valence-electron chi connectivity index (χ1n) is 6.97. The third-order valence-corrected chi connectivity index (χ3v) is 3.87. The van der Waals surface area contributed by atoms with Gasteiger partial charge in [0.25, 0.3) is 5.91 Å². The fourth-order valence-electron chi connectivity index (χ4n) is 2.28. The number of ether oxygens (including phenoxy) is 1. The van der Waals surface area contributed by atoms with Crippen LogP contribution in [0.4, 0.5) is 5.69 Å². The molecule has 0 bridgehead atoms. The predicted octanol–water partition coefficient (Wildman–Crippen LogP) is 1.49. The monoisotopic (exact) mass is 277 g/mol. The van der Waals surface area contributed by atoms with Crippen molar-refractivity contribution in [2.75, 3.05) is 26.4 Å². The Labute approximate surface area is 120 Å². The van der Waals surface area contributed by atoms with E-state index in [-0.39, 0.29) is 5.91 Å². The molecular formula is C15H23N3O2. The molecule has 20 heavy (non-hydrogen) atoms. The smallest absolute Gasteiger partial charge is 0.255 e. The van der Waals surface area contributed by atoms with Crippen LogP contribution in [0.15, 0.2) is 18.2 Å². The Morgan fingerprint density at radius 2 is 2.25 bits per heavy atom. The molecule has 0 aliphatic heterocycles. The summed E-state index contributed by atoms with van der Waals surface area (Å²) in [4.78, 5) is 14.5. The second-order valence-corrected chi connectivity index (χ2v) is 5.38. The lowest BCUT2D eigenvalue weighted by molar-refractivity contribution is 0.0936. The van der Waals surface area contributed by atoms with Crippen molar-refractivity contribution in [2.24, 2.45) is 0 Å². The largest absolute Gasteiger partial charge is 0.494 e. The lowest BCUT2D eigenvalue weighted by Crippen LogP contribution is -2.41. The van der Waals surface area contributed by atoms with Crippen LogP contribution in [-0.4, -0.2) is 43.6 Å². The van der Waals surface area contributed by atoms with E-state index in [2.05, 4.69) is 24.2 Å². The van der Waals surface area contributed by atoms with Gasteiger partial charge in [-0.05, 0) is 38.9 Å². The molecule has 1 aliphatic rings. The highest BCUT2D eigenvalue weighted by Gasteiger charge is 2.29. The minimum atomic E-state index is -0.148. The topological polar surface area (TPSA) is 67.6 Å². The molecule has 1 saturated carbocycles. The fraction of sp³-hybridized carbons (Fsp3) is 0.533. The van der Waals surface area contributed by atoms with Gasteiger partial charge in [-0.25, -0.2) is 0 Å². The zero-order chi connectivity index (χ0) is 14.7. The zero-order valence-electron chi connectivity index (χ0n) is 12.3. The lowest BCUT2D eigenvalue weighted by atomic mass is 10.1. The molecule has 3 N–H and O–H groups in total. The van der Waals surface area contributed by atoms with Crippen LogP contribution in [0, 0.1) is 0 Å². The molecule has 110 valence electrons. The SMILES string of the molecule is COc1c(N)cccc1C(=O)NCC(C)N(C)C1CC1. The number of amides is 1. The van der Waals surface area contributed by atoms with Gasteiger partial charge in [0.2, 0.25) is 0 Å². The summed E-state index contributed by atoms with van der Waals surface area (Å²) >= 11 is 0. The molecule has 1 fully saturated rings. The number of para-hydroxylation sites is 1. The van der Waals surface area contributed by atoms with Gasteiger partial charge < -0.3 is 15.8 Å². The van der Waals surface area contributed by atoms with E-state index in [4.69, 9.17) is 10.5 Å². The first kappa shape index (κ1) is 14.7. The highest BCUT2D eigenvalue weighted by molar-refractivity contribution is 5.98. The van der Waals surface area contributed by atoms with E-state index < -0.39 is 0 Å². The van der Waals surface area contributed by atoms with Crippen molar-refractivity contribution in [3.8, 4) is 5.75 Å². The van der Waals surface area contributed by atoms with Gasteiger partial charge >= 0.3 is 0 Å². The average molecular weight is 277 g/mol. The molecule has 5 nitrogen and oxygen atoms in total. The van der Waals surface area contributed by atoms with Crippen LogP contribution in [0.2, 0.25) is 0 Å². The van der Waals surface area contributed by atoms with E-state index in [0.29, 0.717) is 35.6 Å². The van der Waals surface area contributed by atoms with Crippen molar-refractivity contribution >= 4 is 11.6 Å². The van der Waals surface area contributed by atoms with Gasteiger partial charge in [0.05, 0.1) is 18.4 Å². The van der Waals surface area contributed by atoms with E-state index in [1.54, 1.807) is 18.2 Å². The second-order valence-electron chi connectivity index (χ2n) is 5.38. The minimum Gasteiger partial charge on any atom is -0.494 e. The van der Waals surface area contributed by atoms with Crippen molar-refractivity contribution in [2.45, 2.75) is 31.8 Å².